The quantitative estimate of drug-likeness (QED) is 0.906. The van der Waals surface area contributed by atoms with Gasteiger partial charge < -0.3 is 5.32 Å². The molecule has 17 heavy (non-hydrogen) atoms. The van der Waals surface area contributed by atoms with Crippen LogP contribution in [0.25, 0.3) is 0 Å². The molecule has 0 radical (unpaired) electrons. The zero-order valence-corrected chi connectivity index (χ0v) is 9.88. The summed E-state index contributed by atoms with van der Waals surface area (Å²) < 4.78 is 13.5. The maximum atomic E-state index is 13.5. The molecule has 0 spiro atoms. The van der Waals surface area contributed by atoms with E-state index in [0.717, 1.165) is 5.01 Å². The fourth-order valence-corrected chi connectivity index (χ4v) is 1.89. The zero-order valence-electron chi connectivity index (χ0n) is 9.07. The molecule has 4 nitrogen and oxygen atoms in total. The standard InChI is InChI=1S/C11H9FN4S/c1-7-15-16-11(17-7)14-6-9-3-2-8(5-13)4-10(9)12/h2-4H,6H2,1H3,(H,14,16). The molecule has 0 saturated carbocycles. The lowest BCUT2D eigenvalue weighted by Gasteiger charge is -2.03. The molecule has 0 aliphatic rings. The highest BCUT2D eigenvalue weighted by Gasteiger charge is 2.05. The molecule has 1 heterocycles. The van der Waals surface area contributed by atoms with Crippen molar-refractivity contribution in [2.24, 2.45) is 0 Å². The molecule has 0 aliphatic heterocycles. The maximum Gasteiger partial charge on any atom is 0.205 e. The van der Waals surface area contributed by atoms with Gasteiger partial charge in [-0.15, -0.1) is 10.2 Å². The fraction of sp³-hybridized carbons (Fsp3) is 0.182. The molecule has 2 aromatic rings. The Bertz CT molecular complexity index is 573. The number of benzene rings is 1. The molecule has 86 valence electrons. The minimum Gasteiger partial charge on any atom is -0.356 e. The summed E-state index contributed by atoms with van der Waals surface area (Å²) in [6, 6.07) is 6.30. The number of anilines is 1. The van der Waals surface area contributed by atoms with Crippen molar-refractivity contribution < 1.29 is 4.39 Å². The van der Waals surface area contributed by atoms with Gasteiger partial charge in [0, 0.05) is 12.1 Å². The summed E-state index contributed by atoms with van der Waals surface area (Å²) in [6.07, 6.45) is 0. The van der Waals surface area contributed by atoms with E-state index in [1.165, 1.54) is 17.4 Å². The van der Waals surface area contributed by atoms with Crippen molar-refractivity contribution in [1.82, 2.24) is 10.2 Å². The third-order valence-electron chi connectivity index (χ3n) is 2.14. The van der Waals surface area contributed by atoms with Crippen molar-refractivity contribution in [3.8, 4) is 6.07 Å². The van der Waals surface area contributed by atoms with Gasteiger partial charge in [0.05, 0.1) is 11.6 Å². The Labute approximate surface area is 102 Å². The van der Waals surface area contributed by atoms with Crippen molar-refractivity contribution in [1.29, 1.82) is 5.26 Å². The van der Waals surface area contributed by atoms with Crippen LogP contribution in [0.2, 0.25) is 0 Å². The molecule has 6 heteroatoms. The van der Waals surface area contributed by atoms with Gasteiger partial charge in [0.2, 0.25) is 5.13 Å². The van der Waals surface area contributed by atoms with Crippen LogP contribution in [0.15, 0.2) is 18.2 Å². The lowest BCUT2D eigenvalue weighted by molar-refractivity contribution is 0.612. The number of aryl methyl sites for hydroxylation is 1. The number of halogens is 1. The number of nitrogens with one attached hydrogen (secondary N) is 1. The number of hydrogen-bond acceptors (Lipinski definition) is 5. The van der Waals surface area contributed by atoms with E-state index in [0.29, 0.717) is 22.8 Å². The van der Waals surface area contributed by atoms with Crippen molar-refractivity contribution >= 4 is 16.5 Å². The van der Waals surface area contributed by atoms with E-state index in [1.807, 2.05) is 13.0 Å². The van der Waals surface area contributed by atoms with Crippen molar-refractivity contribution in [2.45, 2.75) is 13.5 Å². The summed E-state index contributed by atoms with van der Waals surface area (Å²) in [5.41, 5.74) is 0.815. The number of hydrogen-bond donors (Lipinski definition) is 1. The lowest BCUT2D eigenvalue weighted by Crippen LogP contribution is -2.01. The molecular weight excluding hydrogens is 239 g/mol. The smallest absolute Gasteiger partial charge is 0.205 e. The average molecular weight is 248 g/mol. The monoisotopic (exact) mass is 248 g/mol. The first-order valence-electron chi connectivity index (χ1n) is 4.91. The van der Waals surface area contributed by atoms with E-state index in [9.17, 15) is 4.39 Å². The van der Waals surface area contributed by atoms with Gasteiger partial charge >= 0.3 is 0 Å². The molecule has 0 unspecified atom stereocenters. The van der Waals surface area contributed by atoms with E-state index < -0.39 is 5.82 Å². The van der Waals surface area contributed by atoms with Crippen LogP contribution in [0, 0.1) is 24.1 Å². The molecule has 1 aromatic heterocycles. The number of aromatic nitrogens is 2. The zero-order chi connectivity index (χ0) is 12.3. The third kappa shape index (κ3) is 2.77. The Morgan fingerprint density at radius 3 is 2.88 bits per heavy atom. The van der Waals surface area contributed by atoms with E-state index in [-0.39, 0.29) is 0 Å². The van der Waals surface area contributed by atoms with Crippen LogP contribution in [0.5, 0.6) is 0 Å². The topological polar surface area (TPSA) is 61.6 Å². The highest BCUT2D eigenvalue weighted by atomic mass is 32.1. The van der Waals surface area contributed by atoms with Crippen molar-refractivity contribution in [2.75, 3.05) is 5.32 Å². The van der Waals surface area contributed by atoms with Gasteiger partial charge in [0.1, 0.15) is 10.8 Å². The van der Waals surface area contributed by atoms with Crippen LogP contribution in [-0.4, -0.2) is 10.2 Å². The molecule has 0 amide bonds. The fourth-order valence-electron chi connectivity index (χ4n) is 1.30. The van der Waals surface area contributed by atoms with E-state index >= 15 is 0 Å². The minimum atomic E-state index is -0.391. The summed E-state index contributed by atoms with van der Waals surface area (Å²) in [7, 11) is 0. The second-order valence-electron chi connectivity index (χ2n) is 3.40. The van der Waals surface area contributed by atoms with Crippen LogP contribution in [0.1, 0.15) is 16.1 Å². The highest BCUT2D eigenvalue weighted by molar-refractivity contribution is 7.15. The average Bonchev–Trinajstić information content (AvgIpc) is 2.73. The summed E-state index contributed by atoms with van der Waals surface area (Å²) in [5.74, 6) is -0.391. The Morgan fingerprint density at radius 2 is 2.29 bits per heavy atom. The van der Waals surface area contributed by atoms with Gasteiger partial charge in [0.15, 0.2) is 0 Å². The minimum absolute atomic E-state index is 0.318. The second kappa shape index (κ2) is 4.89. The van der Waals surface area contributed by atoms with Crippen LogP contribution in [0.4, 0.5) is 9.52 Å². The Kier molecular flexibility index (Phi) is 3.30. The van der Waals surface area contributed by atoms with E-state index in [2.05, 4.69) is 15.5 Å². The highest BCUT2D eigenvalue weighted by Crippen LogP contribution is 2.16. The molecule has 0 fully saturated rings. The Balaban J connectivity index is 2.07. The van der Waals surface area contributed by atoms with E-state index in [4.69, 9.17) is 5.26 Å². The molecule has 2 rings (SSSR count). The van der Waals surface area contributed by atoms with Gasteiger partial charge in [-0.3, -0.25) is 0 Å². The predicted octanol–water partition coefficient (Wildman–Crippen LogP) is 2.47. The number of rotatable bonds is 3. The number of nitrogens with zero attached hydrogens (tertiary/aromatic N) is 3. The first kappa shape index (κ1) is 11.5. The molecule has 1 aromatic carbocycles. The molecule has 0 atom stereocenters. The Hall–Kier alpha value is -2.00. The SMILES string of the molecule is Cc1nnc(NCc2ccc(C#N)cc2F)s1. The van der Waals surface area contributed by atoms with Gasteiger partial charge in [-0.1, -0.05) is 17.4 Å². The Morgan fingerprint density at radius 1 is 1.47 bits per heavy atom. The lowest BCUT2D eigenvalue weighted by atomic mass is 10.1. The molecule has 0 saturated heterocycles. The van der Waals surface area contributed by atoms with Crippen LogP contribution < -0.4 is 5.32 Å². The van der Waals surface area contributed by atoms with Crippen LogP contribution in [0.3, 0.4) is 0 Å². The van der Waals surface area contributed by atoms with Crippen molar-refractivity contribution in [3.05, 3.63) is 40.2 Å². The molecule has 0 aliphatic carbocycles. The maximum absolute atomic E-state index is 13.5. The van der Waals surface area contributed by atoms with Gasteiger partial charge in [0.25, 0.3) is 0 Å². The summed E-state index contributed by atoms with van der Waals surface area (Å²) in [4.78, 5) is 0. The molecular formula is C11H9FN4S. The predicted molar refractivity (Wildman–Crippen MR) is 63.1 cm³/mol. The summed E-state index contributed by atoms with van der Waals surface area (Å²) >= 11 is 1.41. The second-order valence-corrected chi connectivity index (χ2v) is 4.58. The van der Waals surface area contributed by atoms with Crippen LogP contribution >= 0.6 is 11.3 Å². The van der Waals surface area contributed by atoms with Gasteiger partial charge in [-0.25, -0.2) is 4.39 Å². The number of nitriles is 1. The first-order valence-corrected chi connectivity index (χ1v) is 5.73. The molecule has 0 bridgehead atoms. The van der Waals surface area contributed by atoms with Crippen LogP contribution in [-0.2, 0) is 6.54 Å². The largest absolute Gasteiger partial charge is 0.356 e. The van der Waals surface area contributed by atoms with Crippen molar-refractivity contribution in [3.63, 3.8) is 0 Å². The summed E-state index contributed by atoms with van der Waals surface area (Å²) in [5, 5.41) is 20.8. The normalized spacial score (nSPS) is 9.94. The molecule has 1 N–H and O–H groups in total. The van der Waals surface area contributed by atoms with Gasteiger partial charge in [-0.2, -0.15) is 5.26 Å². The summed E-state index contributed by atoms with van der Waals surface area (Å²) in [6.45, 7) is 2.18. The first-order chi connectivity index (χ1) is 8.19. The third-order valence-corrected chi connectivity index (χ3v) is 2.93. The van der Waals surface area contributed by atoms with Gasteiger partial charge in [-0.05, 0) is 19.1 Å². The van der Waals surface area contributed by atoms with E-state index in [1.54, 1.807) is 12.1 Å².